The second-order valence-corrected chi connectivity index (χ2v) is 3.08. The van der Waals surface area contributed by atoms with Crippen molar-refractivity contribution in [3.8, 4) is 16.9 Å². The van der Waals surface area contributed by atoms with Crippen LogP contribution >= 0.6 is 0 Å². The summed E-state index contributed by atoms with van der Waals surface area (Å²) in [4.78, 5) is 8.19. The molecule has 0 saturated heterocycles. The fourth-order valence-electron chi connectivity index (χ4n) is 1.36. The molecule has 2 heterocycles. The summed E-state index contributed by atoms with van der Waals surface area (Å²) >= 11 is 0. The molecule has 3 heteroatoms. The minimum Gasteiger partial charge on any atom is -0.492 e. The monoisotopic (exact) mass is 200 g/mol. The molecule has 0 bridgehead atoms. The van der Waals surface area contributed by atoms with Crippen LogP contribution < -0.4 is 4.74 Å². The zero-order valence-corrected chi connectivity index (χ0v) is 8.55. The van der Waals surface area contributed by atoms with Gasteiger partial charge in [0.2, 0.25) is 0 Å². The molecule has 0 atom stereocenters. The molecule has 2 rings (SSSR count). The third kappa shape index (κ3) is 2.31. The van der Waals surface area contributed by atoms with Crippen molar-refractivity contribution < 1.29 is 4.74 Å². The summed E-state index contributed by atoms with van der Waals surface area (Å²) in [6, 6.07) is 5.87. The first-order valence-corrected chi connectivity index (χ1v) is 4.88. The zero-order chi connectivity index (χ0) is 10.5. The SMILES string of the molecule is CCOc1cncc(-c2cccnc2)c1. The highest BCUT2D eigenvalue weighted by atomic mass is 16.5. The molecule has 0 aliphatic carbocycles. The lowest BCUT2D eigenvalue weighted by Gasteiger charge is -2.04. The van der Waals surface area contributed by atoms with Gasteiger partial charge in [-0.15, -0.1) is 0 Å². The fourth-order valence-corrected chi connectivity index (χ4v) is 1.36. The molecule has 0 saturated carbocycles. The van der Waals surface area contributed by atoms with Crippen LogP contribution in [0.15, 0.2) is 43.0 Å². The number of aromatic nitrogens is 2. The van der Waals surface area contributed by atoms with Gasteiger partial charge < -0.3 is 4.74 Å². The van der Waals surface area contributed by atoms with Crippen molar-refractivity contribution in [2.45, 2.75) is 6.92 Å². The van der Waals surface area contributed by atoms with E-state index in [-0.39, 0.29) is 0 Å². The van der Waals surface area contributed by atoms with Crippen molar-refractivity contribution in [1.82, 2.24) is 9.97 Å². The summed E-state index contributed by atoms with van der Waals surface area (Å²) in [5, 5.41) is 0. The van der Waals surface area contributed by atoms with Gasteiger partial charge in [0.25, 0.3) is 0 Å². The first-order valence-electron chi connectivity index (χ1n) is 4.88. The standard InChI is InChI=1S/C12H12N2O/c1-2-15-12-6-11(8-14-9-12)10-4-3-5-13-7-10/h3-9H,2H2,1H3. The number of rotatable bonds is 3. The van der Waals surface area contributed by atoms with Crippen LogP contribution in [0, 0.1) is 0 Å². The Morgan fingerprint density at radius 2 is 2.00 bits per heavy atom. The maximum atomic E-state index is 5.39. The molecule has 0 aromatic carbocycles. The average Bonchev–Trinajstić information content (AvgIpc) is 2.31. The maximum Gasteiger partial charge on any atom is 0.138 e. The number of ether oxygens (including phenoxy) is 1. The topological polar surface area (TPSA) is 35.0 Å². The highest BCUT2D eigenvalue weighted by Crippen LogP contribution is 2.21. The number of nitrogens with zero attached hydrogens (tertiary/aromatic N) is 2. The van der Waals surface area contributed by atoms with E-state index in [4.69, 9.17) is 4.74 Å². The molecule has 3 nitrogen and oxygen atoms in total. The van der Waals surface area contributed by atoms with Crippen LogP contribution in [-0.2, 0) is 0 Å². The summed E-state index contributed by atoms with van der Waals surface area (Å²) in [7, 11) is 0. The number of hydrogen-bond acceptors (Lipinski definition) is 3. The van der Waals surface area contributed by atoms with Crippen LogP contribution in [0.1, 0.15) is 6.92 Å². The van der Waals surface area contributed by atoms with E-state index in [1.54, 1.807) is 18.6 Å². The molecular weight excluding hydrogens is 188 g/mol. The van der Waals surface area contributed by atoms with Gasteiger partial charge in [-0.2, -0.15) is 0 Å². The average molecular weight is 200 g/mol. The summed E-state index contributed by atoms with van der Waals surface area (Å²) in [6.07, 6.45) is 7.08. The van der Waals surface area contributed by atoms with Crippen LogP contribution in [0.2, 0.25) is 0 Å². The normalized spacial score (nSPS) is 9.93. The van der Waals surface area contributed by atoms with Gasteiger partial charge in [-0.3, -0.25) is 9.97 Å². The Labute approximate surface area is 88.8 Å². The molecule has 0 aliphatic rings. The molecule has 2 aromatic rings. The minimum atomic E-state index is 0.651. The number of pyridine rings is 2. The molecule has 76 valence electrons. The van der Waals surface area contributed by atoms with Crippen molar-refractivity contribution in [3.05, 3.63) is 43.0 Å². The largest absolute Gasteiger partial charge is 0.492 e. The van der Waals surface area contributed by atoms with Crippen molar-refractivity contribution in [3.63, 3.8) is 0 Å². The Morgan fingerprint density at radius 3 is 2.73 bits per heavy atom. The third-order valence-corrected chi connectivity index (χ3v) is 2.02. The molecule has 0 amide bonds. The van der Waals surface area contributed by atoms with E-state index < -0.39 is 0 Å². The molecule has 15 heavy (non-hydrogen) atoms. The second-order valence-electron chi connectivity index (χ2n) is 3.08. The highest BCUT2D eigenvalue weighted by molar-refractivity contribution is 5.62. The van der Waals surface area contributed by atoms with Gasteiger partial charge in [0, 0.05) is 29.7 Å². The molecule has 0 aliphatic heterocycles. The Kier molecular flexibility index (Phi) is 2.93. The van der Waals surface area contributed by atoms with Crippen LogP contribution in [-0.4, -0.2) is 16.6 Å². The summed E-state index contributed by atoms with van der Waals surface area (Å²) in [5.41, 5.74) is 2.07. The van der Waals surface area contributed by atoms with E-state index in [9.17, 15) is 0 Å². The second kappa shape index (κ2) is 4.55. The molecule has 0 N–H and O–H groups in total. The van der Waals surface area contributed by atoms with Gasteiger partial charge in [0.15, 0.2) is 0 Å². The predicted molar refractivity (Wildman–Crippen MR) is 58.6 cm³/mol. The minimum absolute atomic E-state index is 0.651. The van der Waals surface area contributed by atoms with Gasteiger partial charge in [0.1, 0.15) is 5.75 Å². The lowest BCUT2D eigenvalue weighted by molar-refractivity contribution is 0.339. The quantitative estimate of drug-likeness (QED) is 0.763. The Bertz CT molecular complexity index is 429. The molecular formula is C12H12N2O. The number of hydrogen-bond donors (Lipinski definition) is 0. The summed E-state index contributed by atoms with van der Waals surface area (Å²) in [5.74, 6) is 0.791. The first-order chi connectivity index (χ1) is 7.40. The molecule has 0 radical (unpaired) electrons. The van der Waals surface area contributed by atoms with E-state index in [2.05, 4.69) is 9.97 Å². The lowest BCUT2D eigenvalue weighted by Crippen LogP contribution is -1.92. The third-order valence-electron chi connectivity index (χ3n) is 2.02. The van der Waals surface area contributed by atoms with Gasteiger partial charge >= 0.3 is 0 Å². The summed E-state index contributed by atoms with van der Waals surface area (Å²) in [6.45, 7) is 2.61. The fraction of sp³-hybridized carbons (Fsp3) is 0.167. The van der Waals surface area contributed by atoms with Crippen molar-refractivity contribution in [1.29, 1.82) is 0 Å². The van der Waals surface area contributed by atoms with Crippen LogP contribution in [0.25, 0.3) is 11.1 Å². The van der Waals surface area contributed by atoms with Gasteiger partial charge in [0.05, 0.1) is 12.8 Å². The smallest absolute Gasteiger partial charge is 0.138 e. The lowest BCUT2D eigenvalue weighted by atomic mass is 10.1. The zero-order valence-electron chi connectivity index (χ0n) is 8.55. The highest BCUT2D eigenvalue weighted by Gasteiger charge is 1.99. The van der Waals surface area contributed by atoms with E-state index in [1.165, 1.54) is 0 Å². The van der Waals surface area contributed by atoms with Crippen molar-refractivity contribution >= 4 is 0 Å². The van der Waals surface area contributed by atoms with E-state index >= 15 is 0 Å². The Hall–Kier alpha value is -1.90. The molecule has 0 unspecified atom stereocenters. The predicted octanol–water partition coefficient (Wildman–Crippen LogP) is 2.54. The Balaban J connectivity index is 2.33. The summed E-state index contributed by atoms with van der Waals surface area (Å²) < 4.78 is 5.39. The molecule has 0 spiro atoms. The van der Waals surface area contributed by atoms with E-state index in [0.717, 1.165) is 16.9 Å². The Morgan fingerprint density at radius 1 is 1.13 bits per heavy atom. The van der Waals surface area contributed by atoms with Crippen molar-refractivity contribution in [2.75, 3.05) is 6.61 Å². The first kappa shape index (κ1) is 9.65. The van der Waals surface area contributed by atoms with Crippen molar-refractivity contribution in [2.24, 2.45) is 0 Å². The van der Waals surface area contributed by atoms with E-state index in [0.29, 0.717) is 6.61 Å². The molecule has 2 aromatic heterocycles. The van der Waals surface area contributed by atoms with Gasteiger partial charge in [-0.25, -0.2) is 0 Å². The van der Waals surface area contributed by atoms with Crippen LogP contribution in [0.3, 0.4) is 0 Å². The van der Waals surface area contributed by atoms with Gasteiger partial charge in [-0.1, -0.05) is 6.07 Å². The van der Waals surface area contributed by atoms with Gasteiger partial charge in [-0.05, 0) is 19.1 Å². The van der Waals surface area contributed by atoms with Crippen LogP contribution in [0.5, 0.6) is 5.75 Å². The maximum absolute atomic E-state index is 5.39. The molecule has 0 fully saturated rings. The van der Waals surface area contributed by atoms with E-state index in [1.807, 2.05) is 31.3 Å². The van der Waals surface area contributed by atoms with Crippen LogP contribution in [0.4, 0.5) is 0 Å².